The van der Waals surface area contributed by atoms with E-state index < -0.39 is 0 Å². The van der Waals surface area contributed by atoms with Crippen LogP contribution in [0.5, 0.6) is 5.75 Å². The Labute approximate surface area is 91.9 Å². The van der Waals surface area contributed by atoms with Gasteiger partial charge in [-0.25, -0.2) is 14.4 Å². The van der Waals surface area contributed by atoms with E-state index in [9.17, 15) is 4.39 Å². The number of nitrogens with two attached hydrogens (primary N) is 1. The summed E-state index contributed by atoms with van der Waals surface area (Å²) in [6.45, 7) is 0.228. The summed E-state index contributed by atoms with van der Waals surface area (Å²) in [4.78, 5) is 7.95. The Morgan fingerprint density at radius 3 is 2.38 bits per heavy atom. The average Bonchev–Trinajstić information content (AvgIpc) is 2.30. The number of nitrogens with zero attached hydrogens (tertiary/aromatic N) is 2. The van der Waals surface area contributed by atoms with Gasteiger partial charge in [-0.15, -0.1) is 0 Å². The van der Waals surface area contributed by atoms with Gasteiger partial charge in [-0.05, 0) is 24.3 Å². The maximum atomic E-state index is 12.6. The smallest absolute Gasteiger partial charge is 0.166 e. The standard InChI is InChI=1S/C11H10FN3O/c12-8-1-3-10(4-2-8)16-7-11-14-5-9(13)6-15-11/h1-6H,7,13H2. The number of rotatable bonds is 3. The topological polar surface area (TPSA) is 61.0 Å². The Hall–Kier alpha value is -2.17. The van der Waals surface area contributed by atoms with Crippen LogP contribution >= 0.6 is 0 Å². The molecule has 0 aliphatic rings. The van der Waals surface area contributed by atoms with Crippen LogP contribution in [-0.2, 0) is 6.61 Å². The van der Waals surface area contributed by atoms with Crippen LogP contribution in [0.1, 0.15) is 5.82 Å². The molecule has 2 rings (SSSR count). The van der Waals surface area contributed by atoms with E-state index in [-0.39, 0.29) is 12.4 Å². The first-order chi connectivity index (χ1) is 7.74. The molecule has 0 spiro atoms. The van der Waals surface area contributed by atoms with Crippen molar-refractivity contribution in [2.24, 2.45) is 0 Å². The zero-order chi connectivity index (χ0) is 11.4. The van der Waals surface area contributed by atoms with Crippen LogP contribution in [0.4, 0.5) is 10.1 Å². The third kappa shape index (κ3) is 2.66. The first-order valence-electron chi connectivity index (χ1n) is 4.69. The summed E-state index contributed by atoms with van der Waals surface area (Å²) >= 11 is 0. The monoisotopic (exact) mass is 219 g/mol. The normalized spacial score (nSPS) is 10.1. The number of ether oxygens (including phenoxy) is 1. The van der Waals surface area contributed by atoms with Gasteiger partial charge in [0.15, 0.2) is 5.82 Å². The van der Waals surface area contributed by atoms with Gasteiger partial charge in [-0.3, -0.25) is 0 Å². The van der Waals surface area contributed by atoms with E-state index in [1.807, 2.05) is 0 Å². The molecule has 1 aromatic heterocycles. The molecule has 0 saturated carbocycles. The predicted octanol–water partition coefficient (Wildman–Crippen LogP) is 1.78. The molecule has 0 aliphatic heterocycles. The number of halogens is 1. The van der Waals surface area contributed by atoms with Crippen molar-refractivity contribution in [1.82, 2.24) is 9.97 Å². The maximum Gasteiger partial charge on any atom is 0.166 e. The summed E-state index contributed by atoms with van der Waals surface area (Å²) in [5.41, 5.74) is 5.95. The van der Waals surface area contributed by atoms with Gasteiger partial charge in [0.25, 0.3) is 0 Å². The second kappa shape index (κ2) is 4.57. The molecule has 0 amide bonds. The Morgan fingerprint density at radius 1 is 1.12 bits per heavy atom. The van der Waals surface area contributed by atoms with E-state index in [1.54, 1.807) is 12.1 Å². The lowest BCUT2D eigenvalue weighted by Gasteiger charge is -2.04. The quantitative estimate of drug-likeness (QED) is 0.854. The highest BCUT2D eigenvalue weighted by Crippen LogP contribution is 2.12. The molecule has 0 atom stereocenters. The molecule has 16 heavy (non-hydrogen) atoms. The second-order valence-electron chi connectivity index (χ2n) is 3.18. The second-order valence-corrected chi connectivity index (χ2v) is 3.18. The SMILES string of the molecule is Nc1cnc(COc2ccc(F)cc2)nc1. The molecular formula is C11H10FN3O. The molecule has 2 aromatic rings. The van der Waals surface area contributed by atoms with Crippen molar-refractivity contribution in [1.29, 1.82) is 0 Å². The first kappa shape index (κ1) is 10.4. The number of aromatic nitrogens is 2. The van der Waals surface area contributed by atoms with Gasteiger partial charge in [0, 0.05) is 0 Å². The Kier molecular flexibility index (Phi) is 2.95. The van der Waals surface area contributed by atoms with Gasteiger partial charge < -0.3 is 10.5 Å². The summed E-state index contributed by atoms with van der Waals surface area (Å²) in [6, 6.07) is 5.76. The molecule has 4 nitrogen and oxygen atoms in total. The third-order valence-corrected chi connectivity index (χ3v) is 1.91. The van der Waals surface area contributed by atoms with Crippen LogP contribution in [0.25, 0.3) is 0 Å². The van der Waals surface area contributed by atoms with Crippen LogP contribution in [0.2, 0.25) is 0 Å². The van der Waals surface area contributed by atoms with Gasteiger partial charge in [-0.2, -0.15) is 0 Å². The molecule has 0 saturated heterocycles. The number of hydrogen-bond donors (Lipinski definition) is 1. The molecule has 1 aromatic carbocycles. The summed E-state index contributed by atoms with van der Waals surface area (Å²) in [6.07, 6.45) is 3.02. The summed E-state index contributed by atoms with van der Waals surface area (Å²) in [7, 11) is 0. The number of hydrogen-bond acceptors (Lipinski definition) is 4. The first-order valence-corrected chi connectivity index (χ1v) is 4.69. The molecular weight excluding hydrogens is 209 g/mol. The Balaban J connectivity index is 1.97. The number of benzene rings is 1. The zero-order valence-electron chi connectivity index (χ0n) is 8.43. The molecule has 82 valence electrons. The minimum Gasteiger partial charge on any atom is -0.486 e. The summed E-state index contributed by atoms with van der Waals surface area (Å²) in [5, 5.41) is 0. The highest BCUT2D eigenvalue weighted by atomic mass is 19.1. The van der Waals surface area contributed by atoms with E-state index in [0.717, 1.165) is 0 Å². The molecule has 2 N–H and O–H groups in total. The summed E-state index contributed by atoms with van der Waals surface area (Å²) in [5.74, 6) is 0.802. The fourth-order valence-electron chi connectivity index (χ4n) is 1.12. The van der Waals surface area contributed by atoms with Crippen molar-refractivity contribution >= 4 is 5.69 Å². The lowest BCUT2D eigenvalue weighted by atomic mass is 10.3. The lowest BCUT2D eigenvalue weighted by Crippen LogP contribution is -2.01. The van der Waals surface area contributed by atoms with E-state index >= 15 is 0 Å². The molecule has 0 aliphatic carbocycles. The minimum absolute atomic E-state index is 0.228. The number of anilines is 1. The van der Waals surface area contributed by atoms with Gasteiger partial charge in [-0.1, -0.05) is 0 Å². The van der Waals surface area contributed by atoms with Crippen LogP contribution in [0.3, 0.4) is 0 Å². The van der Waals surface area contributed by atoms with E-state index in [0.29, 0.717) is 17.3 Å². The zero-order valence-corrected chi connectivity index (χ0v) is 8.43. The average molecular weight is 219 g/mol. The van der Waals surface area contributed by atoms with Crippen LogP contribution in [-0.4, -0.2) is 9.97 Å². The van der Waals surface area contributed by atoms with Gasteiger partial charge >= 0.3 is 0 Å². The molecule has 0 unspecified atom stereocenters. The fraction of sp³-hybridized carbons (Fsp3) is 0.0909. The predicted molar refractivity (Wildman–Crippen MR) is 57.2 cm³/mol. The maximum absolute atomic E-state index is 12.6. The van der Waals surface area contributed by atoms with Crippen molar-refractivity contribution in [2.75, 3.05) is 5.73 Å². The van der Waals surface area contributed by atoms with E-state index in [1.165, 1.54) is 24.5 Å². The molecule has 0 bridgehead atoms. The van der Waals surface area contributed by atoms with Crippen molar-refractivity contribution in [3.05, 3.63) is 48.3 Å². The van der Waals surface area contributed by atoms with Gasteiger partial charge in [0.1, 0.15) is 18.2 Å². The largest absolute Gasteiger partial charge is 0.486 e. The van der Waals surface area contributed by atoms with E-state index in [2.05, 4.69) is 9.97 Å². The molecule has 1 heterocycles. The van der Waals surface area contributed by atoms with Crippen LogP contribution in [0, 0.1) is 5.82 Å². The van der Waals surface area contributed by atoms with Crippen LogP contribution in [0.15, 0.2) is 36.7 Å². The Bertz CT molecular complexity index is 410. The van der Waals surface area contributed by atoms with Crippen molar-refractivity contribution in [3.63, 3.8) is 0 Å². The lowest BCUT2D eigenvalue weighted by molar-refractivity contribution is 0.295. The van der Waals surface area contributed by atoms with Crippen LogP contribution < -0.4 is 10.5 Å². The number of nitrogen functional groups attached to an aromatic ring is 1. The van der Waals surface area contributed by atoms with Crippen molar-refractivity contribution < 1.29 is 9.13 Å². The highest BCUT2D eigenvalue weighted by Gasteiger charge is 1.98. The molecule has 0 fully saturated rings. The highest BCUT2D eigenvalue weighted by molar-refractivity contribution is 5.30. The molecule has 0 radical (unpaired) electrons. The third-order valence-electron chi connectivity index (χ3n) is 1.91. The summed E-state index contributed by atoms with van der Waals surface area (Å²) < 4.78 is 18.0. The van der Waals surface area contributed by atoms with Crippen molar-refractivity contribution in [2.45, 2.75) is 6.61 Å². The molecule has 5 heteroatoms. The Morgan fingerprint density at radius 2 is 1.75 bits per heavy atom. The van der Waals surface area contributed by atoms with Gasteiger partial charge in [0.2, 0.25) is 0 Å². The fourth-order valence-corrected chi connectivity index (χ4v) is 1.12. The minimum atomic E-state index is -0.295. The van der Waals surface area contributed by atoms with Gasteiger partial charge in [0.05, 0.1) is 18.1 Å². The van der Waals surface area contributed by atoms with E-state index in [4.69, 9.17) is 10.5 Å². The van der Waals surface area contributed by atoms with Crippen molar-refractivity contribution in [3.8, 4) is 5.75 Å².